The first-order chi connectivity index (χ1) is 9.02. The Hall–Kier alpha value is -0.570. The van der Waals surface area contributed by atoms with Crippen LogP contribution in [0.3, 0.4) is 0 Å². The van der Waals surface area contributed by atoms with Gasteiger partial charge in [0.15, 0.2) is 0 Å². The van der Waals surface area contributed by atoms with Gasteiger partial charge in [-0.05, 0) is 37.0 Å². The molecule has 1 amide bonds. The lowest BCUT2D eigenvalue weighted by Crippen LogP contribution is -2.49. The Bertz CT molecular complexity index is 310. The molecule has 3 N–H and O–H groups in total. The van der Waals surface area contributed by atoms with Crippen LogP contribution in [-0.4, -0.2) is 18.5 Å². The number of amides is 1. The van der Waals surface area contributed by atoms with Crippen LogP contribution in [0.25, 0.3) is 0 Å². The third-order valence-corrected chi connectivity index (χ3v) is 5.38. The molecule has 2 aliphatic rings. The van der Waals surface area contributed by atoms with E-state index >= 15 is 0 Å². The van der Waals surface area contributed by atoms with Crippen LogP contribution >= 0.6 is 0 Å². The second kappa shape index (κ2) is 6.25. The molecular formula is C16H30N2O. The largest absolute Gasteiger partial charge is 0.355 e. The third-order valence-electron chi connectivity index (χ3n) is 5.38. The molecule has 3 heteroatoms. The molecule has 0 spiro atoms. The summed E-state index contributed by atoms with van der Waals surface area (Å²) in [5, 5.41) is 3.19. The highest BCUT2D eigenvalue weighted by Crippen LogP contribution is 2.35. The number of hydrogen-bond donors (Lipinski definition) is 2. The highest BCUT2D eigenvalue weighted by atomic mass is 16.1. The highest BCUT2D eigenvalue weighted by molar-refractivity contribution is 5.79. The number of hydrogen-bond acceptors (Lipinski definition) is 2. The fourth-order valence-electron chi connectivity index (χ4n) is 3.76. The Morgan fingerprint density at radius 1 is 1.21 bits per heavy atom. The minimum atomic E-state index is 0.0379. The topological polar surface area (TPSA) is 55.1 Å². The average molecular weight is 266 g/mol. The number of carbonyl (C=O) groups excluding carboxylic acids is 1. The van der Waals surface area contributed by atoms with Gasteiger partial charge in [0.25, 0.3) is 0 Å². The van der Waals surface area contributed by atoms with E-state index in [4.69, 9.17) is 5.73 Å². The van der Waals surface area contributed by atoms with Gasteiger partial charge in [0, 0.05) is 12.6 Å². The Morgan fingerprint density at radius 3 is 2.58 bits per heavy atom. The summed E-state index contributed by atoms with van der Waals surface area (Å²) in [6, 6.07) is 0.0490. The molecule has 2 saturated carbocycles. The number of carbonyl (C=O) groups is 1. The van der Waals surface area contributed by atoms with Gasteiger partial charge in [-0.2, -0.15) is 0 Å². The molecule has 0 saturated heterocycles. The minimum absolute atomic E-state index is 0.0379. The Balaban J connectivity index is 1.83. The first-order valence-electron chi connectivity index (χ1n) is 8.05. The predicted octanol–water partition coefficient (Wildman–Crippen LogP) is 2.84. The van der Waals surface area contributed by atoms with Crippen LogP contribution < -0.4 is 11.1 Å². The standard InChI is InChI=1S/C16H30N2O/c1-12-7-6-8-13(14(12)17)15(19)18-11-16(2)9-4-3-5-10-16/h12-14H,3-11,17H2,1-2H3,(H,18,19). The van der Waals surface area contributed by atoms with E-state index in [-0.39, 0.29) is 17.9 Å². The summed E-state index contributed by atoms with van der Waals surface area (Å²) in [6.45, 7) is 5.33. The molecule has 3 atom stereocenters. The Labute approximate surface area is 117 Å². The van der Waals surface area contributed by atoms with Gasteiger partial charge in [-0.3, -0.25) is 4.79 Å². The van der Waals surface area contributed by atoms with Gasteiger partial charge in [0.05, 0.1) is 5.92 Å². The van der Waals surface area contributed by atoms with E-state index in [1.807, 2.05) is 0 Å². The molecule has 0 aromatic heterocycles. The summed E-state index contributed by atoms with van der Waals surface area (Å²) in [7, 11) is 0. The maximum absolute atomic E-state index is 12.3. The van der Waals surface area contributed by atoms with E-state index in [1.54, 1.807) is 0 Å². The normalized spacial score (nSPS) is 34.8. The van der Waals surface area contributed by atoms with Crippen molar-refractivity contribution in [1.29, 1.82) is 0 Å². The first-order valence-corrected chi connectivity index (χ1v) is 8.05. The molecule has 0 aromatic carbocycles. The third kappa shape index (κ3) is 3.71. The van der Waals surface area contributed by atoms with Crippen LogP contribution in [0.2, 0.25) is 0 Å². The second-order valence-corrected chi connectivity index (χ2v) is 7.18. The van der Waals surface area contributed by atoms with Crippen molar-refractivity contribution in [1.82, 2.24) is 5.32 Å². The van der Waals surface area contributed by atoms with Gasteiger partial charge in [-0.25, -0.2) is 0 Å². The van der Waals surface area contributed by atoms with E-state index in [1.165, 1.54) is 38.5 Å². The average Bonchev–Trinajstić information content (AvgIpc) is 2.40. The van der Waals surface area contributed by atoms with Crippen LogP contribution in [-0.2, 0) is 4.79 Å². The molecule has 0 radical (unpaired) electrons. The quantitative estimate of drug-likeness (QED) is 0.825. The monoisotopic (exact) mass is 266 g/mol. The molecule has 0 bridgehead atoms. The Morgan fingerprint density at radius 2 is 1.89 bits per heavy atom. The van der Waals surface area contributed by atoms with Crippen molar-refractivity contribution in [3.8, 4) is 0 Å². The van der Waals surface area contributed by atoms with Crippen molar-refractivity contribution < 1.29 is 4.79 Å². The molecule has 3 nitrogen and oxygen atoms in total. The van der Waals surface area contributed by atoms with Crippen molar-refractivity contribution in [3.05, 3.63) is 0 Å². The molecule has 19 heavy (non-hydrogen) atoms. The van der Waals surface area contributed by atoms with Crippen molar-refractivity contribution in [3.63, 3.8) is 0 Å². The summed E-state index contributed by atoms with van der Waals surface area (Å²) >= 11 is 0. The molecule has 3 unspecified atom stereocenters. The smallest absolute Gasteiger partial charge is 0.224 e. The number of nitrogens with two attached hydrogens (primary N) is 1. The lowest BCUT2D eigenvalue weighted by atomic mass is 9.75. The lowest BCUT2D eigenvalue weighted by molar-refractivity contribution is -0.127. The molecule has 110 valence electrons. The first kappa shape index (κ1) is 14.8. The summed E-state index contributed by atoms with van der Waals surface area (Å²) in [5.41, 5.74) is 6.52. The summed E-state index contributed by atoms with van der Waals surface area (Å²) < 4.78 is 0. The Kier molecular flexibility index (Phi) is 4.88. The van der Waals surface area contributed by atoms with Crippen LogP contribution in [0.1, 0.15) is 65.2 Å². The van der Waals surface area contributed by atoms with Crippen LogP contribution in [0.15, 0.2) is 0 Å². The van der Waals surface area contributed by atoms with E-state index in [2.05, 4.69) is 19.2 Å². The van der Waals surface area contributed by atoms with Gasteiger partial charge >= 0.3 is 0 Å². The van der Waals surface area contributed by atoms with Crippen LogP contribution in [0, 0.1) is 17.3 Å². The zero-order chi connectivity index (χ0) is 13.9. The van der Waals surface area contributed by atoms with Gasteiger partial charge < -0.3 is 11.1 Å². The van der Waals surface area contributed by atoms with Crippen molar-refractivity contribution in [2.45, 2.75) is 71.3 Å². The fraction of sp³-hybridized carbons (Fsp3) is 0.938. The van der Waals surface area contributed by atoms with Crippen LogP contribution in [0.4, 0.5) is 0 Å². The molecule has 0 aromatic rings. The summed E-state index contributed by atoms with van der Waals surface area (Å²) in [4.78, 5) is 12.3. The fourth-order valence-corrected chi connectivity index (χ4v) is 3.76. The maximum Gasteiger partial charge on any atom is 0.224 e. The lowest BCUT2D eigenvalue weighted by Gasteiger charge is -2.36. The minimum Gasteiger partial charge on any atom is -0.355 e. The SMILES string of the molecule is CC1CCCC(C(=O)NCC2(C)CCCCC2)C1N. The summed E-state index contributed by atoms with van der Waals surface area (Å²) in [6.07, 6.45) is 9.76. The van der Waals surface area contributed by atoms with E-state index in [0.717, 1.165) is 19.4 Å². The van der Waals surface area contributed by atoms with Crippen molar-refractivity contribution >= 4 is 5.91 Å². The predicted molar refractivity (Wildman–Crippen MR) is 78.7 cm³/mol. The summed E-state index contributed by atoms with van der Waals surface area (Å²) in [5.74, 6) is 0.719. The van der Waals surface area contributed by atoms with Gasteiger partial charge in [0.2, 0.25) is 5.91 Å². The molecule has 2 fully saturated rings. The van der Waals surface area contributed by atoms with E-state index < -0.39 is 0 Å². The number of nitrogens with one attached hydrogen (secondary N) is 1. The highest BCUT2D eigenvalue weighted by Gasteiger charge is 2.34. The van der Waals surface area contributed by atoms with E-state index in [9.17, 15) is 4.79 Å². The molecular weight excluding hydrogens is 236 g/mol. The van der Waals surface area contributed by atoms with Gasteiger partial charge in [-0.1, -0.05) is 39.5 Å². The van der Waals surface area contributed by atoms with Crippen molar-refractivity contribution in [2.24, 2.45) is 23.0 Å². The molecule has 0 heterocycles. The zero-order valence-corrected chi connectivity index (χ0v) is 12.6. The van der Waals surface area contributed by atoms with E-state index in [0.29, 0.717) is 11.3 Å². The van der Waals surface area contributed by atoms with Gasteiger partial charge in [0.1, 0.15) is 0 Å². The zero-order valence-electron chi connectivity index (χ0n) is 12.6. The maximum atomic E-state index is 12.3. The van der Waals surface area contributed by atoms with Gasteiger partial charge in [-0.15, -0.1) is 0 Å². The second-order valence-electron chi connectivity index (χ2n) is 7.18. The van der Waals surface area contributed by atoms with Crippen molar-refractivity contribution in [2.75, 3.05) is 6.54 Å². The molecule has 0 aliphatic heterocycles. The number of rotatable bonds is 3. The molecule has 2 rings (SSSR count). The molecule has 2 aliphatic carbocycles. The van der Waals surface area contributed by atoms with Crippen LogP contribution in [0.5, 0.6) is 0 Å².